The first-order valence-electron chi connectivity index (χ1n) is 4.69. The van der Waals surface area contributed by atoms with E-state index in [0.29, 0.717) is 11.1 Å². The molecule has 90 valence electrons. The summed E-state index contributed by atoms with van der Waals surface area (Å²) in [6.45, 7) is 1.90. The van der Waals surface area contributed by atoms with Crippen molar-refractivity contribution in [3.8, 4) is 0 Å². The van der Waals surface area contributed by atoms with Gasteiger partial charge >= 0.3 is 6.18 Å². The van der Waals surface area contributed by atoms with Gasteiger partial charge in [-0.2, -0.15) is 13.2 Å². The number of pyridine rings is 1. The summed E-state index contributed by atoms with van der Waals surface area (Å²) in [5, 5.41) is 0.668. The van der Waals surface area contributed by atoms with Gasteiger partial charge in [-0.15, -0.1) is 0 Å². The molecule has 0 aliphatic carbocycles. The van der Waals surface area contributed by atoms with Crippen LogP contribution in [0.3, 0.4) is 0 Å². The van der Waals surface area contributed by atoms with Crippen LogP contribution in [0.1, 0.15) is 12.6 Å². The summed E-state index contributed by atoms with van der Waals surface area (Å²) >= 11 is 3.28. The SMILES string of the molecule is CC(CBr)N(C)c1cccc(C(F)(F)F)n1. The molecule has 0 aliphatic heterocycles. The summed E-state index contributed by atoms with van der Waals surface area (Å²) in [5.74, 6) is 0.321. The Balaban J connectivity index is 2.99. The third-order valence-electron chi connectivity index (χ3n) is 2.27. The van der Waals surface area contributed by atoms with Crippen LogP contribution >= 0.6 is 15.9 Å². The smallest absolute Gasteiger partial charge is 0.356 e. The summed E-state index contributed by atoms with van der Waals surface area (Å²) in [7, 11) is 1.72. The van der Waals surface area contributed by atoms with Crippen LogP contribution in [0.2, 0.25) is 0 Å². The Bertz CT molecular complexity index is 354. The second-order valence-corrected chi connectivity index (χ2v) is 4.14. The third-order valence-corrected chi connectivity index (χ3v) is 3.21. The molecule has 1 aromatic heterocycles. The van der Waals surface area contributed by atoms with Gasteiger partial charge in [0.15, 0.2) is 0 Å². The van der Waals surface area contributed by atoms with Crippen molar-refractivity contribution in [1.29, 1.82) is 0 Å². The predicted octanol–water partition coefficient (Wildman–Crippen LogP) is 3.32. The fraction of sp³-hybridized carbons (Fsp3) is 0.500. The fourth-order valence-corrected chi connectivity index (χ4v) is 1.54. The van der Waals surface area contributed by atoms with Crippen LogP contribution in [0.15, 0.2) is 18.2 Å². The van der Waals surface area contributed by atoms with E-state index >= 15 is 0 Å². The molecule has 0 saturated heterocycles. The van der Waals surface area contributed by atoms with Crippen molar-refractivity contribution in [2.24, 2.45) is 0 Å². The molecule has 0 fully saturated rings. The van der Waals surface area contributed by atoms with E-state index in [1.807, 2.05) is 6.92 Å². The molecule has 0 radical (unpaired) electrons. The summed E-state index contributed by atoms with van der Waals surface area (Å²) in [4.78, 5) is 5.29. The van der Waals surface area contributed by atoms with Gasteiger partial charge in [-0.3, -0.25) is 0 Å². The molecule has 0 amide bonds. The minimum absolute atomic E-state index is 0.0796. The molecule has 0 aromatic carbocycles. The lowest BCUT2D eigenvalue weighted by molar-refractivity contribution is -0.141. The monoisotopic (exact) mass is 296 g/mol. The Morgan fingerprint density at radius 2 is 2.06 bits per heavy atom. The second-order valence-electron chi connectivity index (χ2n) is 3.49. The number of hydrogen-bond donors (Lipinski definition) is 0. The van der Waals surface area contributed by atoms with Crippen LogP contribution in [0.4, 0.5) is 19.0 Å². The highest BCUT2D eigenvalue weighted by atomic mass is 79.9. The van der Waals surface area contributed by atoms with Crippen LogP contribution < -0.4 is 4.90 Å². The number of halogens is 4. The zero-order valence-corrected chi connectivity index (χ0v) is 10.5. The molecular formula is C10H12BrF3N2. The van der Waals surface area contributed by atoms with Crippen molar-refractivity contribution in [2.45, 2.75) is 19.1 Å². The van der Waals surface area contributed by atoms with Crippen LogP contribution in [-0.2, 0) is 6.18 Å². The zero-order chi connectivity index (χ0) is 12.3. The molecule has 0 saturated carbocycles. The van der Waals surface area contributed by atoms with Gasteiger partial charge in [0, 0.05) is 18.4 Å². The van der Waals surface area contributed by atoms with Gasteiger partial charge in [0.2, 0.25) is 0 Å². The molecule has 0 bridgehead atoms. The van der Waals surface area contributed by atoms with E-state index in [4.69, 9.17) is 0 Å². The molecule has 1 unspecified atom stereocenters. The Hall–Kier alpha value is -0.780. The maximum atomic E-state index is 12.4. The number of anilines is 1. The maximum Gasteiger partial charge on any atom is 0.433 e. The van der Waals surface area contributed by atoms with E-state index in [9.17, 15) is 13.2 Å². The van der Waals surface area contributed by atoms with E-state index < -0.39 is 11.9 Å². The van der Waals surface area contributed by atoms with Crippen molar-refractivity contribution >= 4 is 21.7 Å². The minimum Gasteiger partial charge on any atom is -0.356 e. The summed E-state index contributed by atoms with van der Waals surface area (Å²) in [5.41, 5.74) is -0.862. The predicted molar refractivity (Wildman–Crippen MR) is 60.9 cm³/mol. The van der Waals surface area contributed by atoms with Gasteiger partial charge < -0.3 is 4.90 Å². The molecule has 0 spiro atoms. The van der Waals surface area contributed by atoms with Crippen LogP contribution in [0, 0.1) is 0 Å². The third kappa shape index (κ3) is 3.10. The van der Waals surface area contributed by atoms with Gasteiger partial charge in [0.1, 0.15) is 11.5 Å². The zero-order valence-electron chi connectivity index (χ0n) is 8.92. The minimum atomic E-state index is -4.39. The maximum absolute atomic E-state index is 12.4. The number of aromatic nitrogens is 1. The Morgan fingerprint density at radius 3 is 2.56 bits per heavy atom. The molecule has 0 N–H and O–H groups in total. The average molecular weight is 297 g/mol. The molecule has 1 heterocycles. The van der Waals surface area contributed by atoms with Gasteiger partial charge in [-0.05, 0) is 19.1 Å². The van der Waals surface area contributed by atoms with Crippen molar-refractivity contribution in [3.63, 3.8) is 0 Å². The number of alkyl halides is 4. The molecule has 16 heavy (non-hydrogen) atoms. The summed E-state index contributed by atoms with van der Waals surface area (Å²) in [6, 6.07) is 3.98. The van der Waals surface area contributed by atoms with E-state index in [1.165, 1.54) is 6.07 Å². The summed E-state index contributed by atoms with van der Waals surface area (Å²) < 4.78 is 37.3. The fourth-order valence-electron chi connectivity index (χ4n) is 1.11. The normalized spacial score (nSPS) is 13.6. The number of nitrogens with zero attached hydrogens (tertiary/aromatic N) is 2. The highest BCUT2D eigenvalue weighted by Gasteiger charge is 2.32. The molecule has 1 aromatic rings. The summed E-state index contributed by atoms with van der Waals surface area (Å²) in [6.07, 6.45) is -4.39. The van der Waals surface area contributed by atoms with Crippen molar-refractivity contribution in [3.05, 3.63) is 23.9 Å². The van der Waals surface area contributed by atoms with E-state index in [-0.39, 0.29) is 6.04 Å². The largest absolute Gasteiger partial charge is 0.433 e. The molecule has 6 heteroatoms. The molecule has 2 nitrogen and oxygen atoms in total. The first-order chi connectivity index (χ1) is 7.36. The van der Waals surface area contributed by atoms with Gasteiger partial charge in [-0.1, -0.05) is 22.0 Å². The van der Waals surface area contributed by atoms with Gasteiger partial charge in [0.05, 0.1) is 0 Å². The van der Waals surface area contributed by atoms with E-state index in [2.05, 4.69) is 20.9 Å². The highest BCUT2D eigenvalue weighted by molar-refractivity contribution is 9.09. The molecule has 1 atom stereocenters. The average Bonchev–Trinajstić information content (AvgIpc) is 2.26. The number of hydrogen-bond acceptors (Lipinski definition) is 2. The second kappa shape index (κ2) is 5.03. The quantitative estimate of drug-likeness (QED) is 0.796. The lowest BCUT2D eigenvalue weighted by atomic mass is 10.3. The Kier molecular flexibility index (Phi) is 4.18. The van der Waals surface area contributed by atoms with Gasteiger partial charge in [0.25, 0.3) is 0 Å². The highest BCUT2D eigenvalue weighted by Crippen LogP contribution is 2.28. The topological polar surface area (TPSA) is 16.1 Å². The lowest BCUT2D eigenvalue weighted by Gasteiger charge is -2.24. The Morgan fingerprint density at radius 1 is 1.44 bits per heavy atom. The van der Waals surface area contributed by atoms with E-state index in [0.717, 1.165) is 6.07 Å². The Labute approximate surface area is 101 Å². The lowest BCUT2D eigenvalue weighted by Crippen LogP contribution is -2.31. The molecule has 0 aliphatic rings. The molecule has 1 rings (SSSR count). The van der Waals surface area contributed by atoms with Crippen LogP contribution in [0.25, 0.3) is 0 Å². The van der Waals surface area contributed by atoms with Crippen molar-refractivity contribution in [2.75, 3.05) is 17.3 Å². The van der Waals surface area contributed by atoms with Crippen LogP contribution in [-0.4, -0.2) is 23.4 Å². The first kappa shape index (κ1) is 13.3. The van der Waals surface area contributed by atoms with E-state index in [1.54, 1.807) is 18.0 Å². The first-order valence-corrected chi connectivity index (χ1v) is 5.81. The standard InChI is InChI=1S/C10H12BrF3N2/c1-7(6-11)16(2)9-5-3-4-8(15-9)10(12,13)14/h3-5,7H,6H2,1-2H3. The number of rotatable bonds is 3. The molecular weight excluding hydrogens is 285 g/mol. The van der Waals surface area contributed by atoms with Crippen molar-refractivity contribution in [1.82, 2.24) is 4.98 Å². The van der Waals surface area contributed by atoms with Crippen LogP contribution in [0.5, 0.6) is 0 Å². The van der Waals surface area contributed by atoms with Crippen molar-refractivity contribution < 1.29 is 13.2 Å². The van der Waals surface area contributed by atoms with Gasteiger partial charge in [-0.25, -0.2) is 4.98 Å².